The van der Waals surface area contributed by atoms with Crippen LogP contribution in [0.3, 0.4) is 0 Å². The van der Waals surface area contributed by atoms with Crippen LogP contribution in [0.15, 0.2) is 0 Å². The molecule has 0 aromatic carbocycles. The largest absolute Gasteiger partial charge is 0.468 e. The summed E-state index contributed by atoms with van der Waals surface area (Å²) >= 11 is 1.32. The summed E-state index contributed by atoms with van der Waals surface area (Å²) in [4.78, 5) is 22.5. The monoisotopic (exact) mass is 232 g/mol. The fourth-order valence-corrected chi connectivity index (χ4v) is 2.45. The van der Waals surface area contributed by atoms with Gasteiger partial charge in [-0.2, -0.15) is 0 Å². The smallest absolute Gasteiger partial charge is 0.319 e. The lowest BCUT2D eigenvalue weighted by Gasteiger charge is -2.12. The number of rotatable bonds is 6. The van der Waals surface area contributed by atoms with Gasteiger partial charge in [-0.05, 0) is 25.7 Å². The summed E-state index contributed by atoms with van der Waals surface area (Å²) in [5.74, 6) is 0.116. The third kappa shape index (κ3) is 4.11. The molecule has 0 bridgehead atoms. The Labute approximate surface area is 93.7 Å². The molecule has 0 aromatic heterocycles. The van der Waals surface area contributed by atoms with Gasteiger partial charge in [0.15, 0.2) is 0 Å². The first-order chi connectivity index (χ1) is 7.19. The van der Waals surface area contributed by atoms with E-state index in [1.807, 2.05) is 0 Å². The average molecular weight is 232 g/mol. The molecule has 0 saturated heterocycles. The van der Waals surface area contributed by atoms with Gasteiger partial charge in [0.25, 0.3) is 0 Å². The van der Waals surface area contributed by atoms with Crippen molar-refractivity contribution >= 4 is 23.7 Å². The van der Waals surface area contributed by atoms with E-state index in [-0.39, 0.29) is 22.9 Å². The summed E-state index contributed by atoms with van der Waals surface area (Å²) in [6.45, 7) is 2.15. The number of esters is 2. The molecule has 0 aromatic rings. The first-order valence-corrected chi connectivity index (χ1v) is 6.09. The van der Waals surface area contributed by atoms with Crippen molar-refractivity contribution in [3.8, 4) is 0 Å². The van der Waals surface area contributed by atoms with Gasteiger partial charge >= 0.3 is 11.9 Å². The molecule has 15 heavy (non-hydrogen) atoms. The van der Waals surface area contributed by atoms with Crippen LogP contribution in [0.1, 0.15) is 19.8 Å². The maximum atomic E-state index is 11.4. The van der Waals surface area contributed by atoms with E-state index >= 15 is 0 Å². The van der Waals surface area contributed by atoms with Crippen LogP contribution in [-0.2, 0) is 19.1 Å². The topological polar surface area (TPSA) is 52.6 Å². The van der Waals surface area contributed by atoms with Gasteiger partial charge in [-0.3, -0.25) is 9.59 Å². The zero-order chi connectivity index (χ0) is 11.3. The molecule has 1 aliphatic carbocycles. The number of ether oxygens (including phenoxy) is 2. The second kappa shape index (κ2) is 6.00. The Morgan fingerprint density at radius 1 is 1.47 bits per heavy atom. The third-order valence-corrected chi connectivity index (χ3v) is 3.51. The molecule has 86 valence electrons. The summed E-state index contributed by atoms with van der Waals surface area (Å²) in [6.07, 6.45) is 2.10. The molecular weight excluding hydrogens is 216 g/mol. The van der Waals surface area contributed by atoms with E-state index in [2.05, 4.69) is 0 Å². The highest BCUT2D eigenvalue weighted by molar-refractivity contribution is 8.01. The van der Waals surface area contributed by atoms with Crippen molar-refractivity contribution < 1.29 is 19.1 Å². The molecule has 1 fully saturated rings. The SMILES string of the molecule is CCOC(=O)CSC(C(=O)OC)C1CC1. The van der Waals surface area contributed by atoms with Gasteiger partial charge in [0.05, 0.1) is 19.5 Å². The second-order valence-corrected chi connectivity index (χ2v) is 4.53. The number of hydrogen-bond acceptors (Lipinski definition) is 5. The standard InChI is InChI=1S/C10H16O4S/c1-3-14-8(11)6-15-9(7-4-5-7)10(12)13-2/h7,9H,3-6H2,1-2H3. The summed E-state index contributed by atoms with van der Waals surface area (Å²) in [5.41, 5.74) is 0. The molecule has 0 amide bonds. The Morgan fingerprint density at radius 2 is 2.13 bits per heavy atom. The van der Waals surface area contributed by atoms with Gasteiger partial charge in [0.2, 0.25) is 0 Å². The summed E-state index contributed by atoms with van der Waals surface area (Å²) < 4.78 is 9.49. The van der Waals surface area contributed by atoms with Gasteiger partial charge < -0.3 is 9.47 Å². The fourth-order valence-electron chi connectivity index (χ4n) is 1.27. The van der Waals surface area contributed by atoms with Crippen molar-refractivity contribution in [3.05, 3.63) is 0 Å². The minimum Gasteiger partial charge on any atom is -0.468 e. The predicted octanol–water partition coefficient (Wildman–Crippen LogP) is 1.23. The van der Waals surface area contributed by atoms with Gasteiger partial charge in [0.1, 0.15) is 5.25 Å². The van der Waals surface area contributed by atoms with Gasteiger partial charge in [-0.25, -0.2) is 0 Å². The number of methoxy groups -OCH3 is 1. The van der Waals surface area contributed by atoms with Crippen LogP contribution in [0.2, 0.25) is 0 Å². The summed E-state index contributed by atoms with van der Waals surface area (Å²) in [7, 11) is 1.38. The average Bonchev–Trinajstić information content (AvgIpc) is 3.02. The van der Waals surface area contributed by atoms with E-state index in [0.717, 1.165) is 12.8 Å². The van der Waals surface area contributed by atoms with Crippen LogP contribution in [0, 0.1) is 5.92 Å². The zero-order valence-electron chi connectivity index (χ0n) is 9.02. The third-order valence-electron chi connectivity index (χ3n) is 2.17. The molecule has 0 radical (unpaired) electrons. The lowest BCUT2D eigenvalue weighted by molar-refractivity contribution is -0.140. The molecular formula is C10H16O4S. The first kappa shape index (κ1) is 12.4. The zero-order valence-corrected chi connectivity index (χ0v) is 9.84. The molecule has 5 heteroatoms. The molecule has 0 N–H and O–H groups in total. The van der Waals surface area contributed by atoms with Crippen molar-refractivity contribution in [1.82, 2.24) is 0 Å². The lowest BCUT2D eigenvalue weighted by Crippen LogP contribution is -2.23. The van der Waals surface area contributed by atoms with Gasteiger partial charge in [-0.15, -0.1) is 11.8 Å². The number of hydrogen-bond donors (Lipinski definition) is 0. The molecule has 0 spiro atoms. The van der Waals surface area contributed by atoms with E-state index in [0.29, 0.717) is 12.5 Å². The maximum Gasteiger partial charge on any atom is 0.319 e. The Balaban J connectivity index is 2.31. The van der Waals surface area contributed by atoms with E-state index < -0.39 is 0 Å². The predicted molar refractivity (Wildman–Crippen MR) is 57.6 cm³/mol. The molecule has 1 aliphatic rings. The Hall–Kier alpha value is -0.710. The minimum absolute atomic E-state index is 0.195. The number of thioether (sulfide) groups is 1. The first-order valence-electron chi connectivity index (χ1n) is 5.04. The molecule has 0 aliphatic heterocycles. The van der Waals surface area contributed by atoms with Crippen LogP contribution in [0.25, 0.3) is 0 Å². The van der Waals surface area contributed by atoms with Crippen LogP contribution in [0.4, 0.5) is 0 Å². The number of carbonyl (C=O) groups excluding carboxylic acids is 2. The van der Waals surface area contributed by atoms with Crippen molar-refractivity contribution in [1.29, 1.82) is 0 Å². The van der Waals surface area contributed by atoms with Crippen molar-refractivity contribution in [2.24, 2.45) is 5.92 Å². The fraction of sp³-hybridized carbons (Fsp3) is 0.800. The van der Waals surface area contributed by atoms with Crippen molar-refractivity contribution in [2.45, 2.75) is 25.0 Å². The van der Waals surface area contributed by atoms with Crippen molar-refractivity contribution in [3.63, 3.8) is 0 Å². The molecule has 4 nitrogen and oxygen atoms in total. The van der Waals surface area contributed by atoms with Crippen LogP contribution < -0.4 is 0 Å². The van der Waals surface area contributed by atoms with E-state index in [1.54, 1.807) is 6.92 Å². The molecule has 0 heterocycles. The maximum absolute atomic E-state index is 11.4. The van der Waals surface area contributed by atoms with Crippen molar-refractivity contribution in [2.75, 3.05) is 19.5 Å². The number of carbonyl (C=O) groups is 2. The molecule has 1 rings (SSSR count). The summed E-state index contributed by atoms with van der Waals surface area (Å²) in [5, 5.41) is -0.195. The Morgan fingerprint density at radius 3 is 2.60 bits per heavy atom. The van der Waals surface area contributed by atoms with E-state index in [4.69, 9.17) is 9.47 Å². The van der Waals surface area contributed by atoms with E-state index in [1.165, 1.54) is 18.9 Å². The normalized spacial score (nSPS) is 16.9. The molecule has 1 unspecified atom stereocenters. The lowest BCUT2D eigenvalue weighted by atomic mass is 10.3. The van der Waals surface area contributed by atoms with Crippen LogP contribution >= 0.6 is 11.8 Å². The highest BCUT2D eigenvalue weighted by Gasteiger charge is 2.37. The molecule has 1 atom stereocenters. The second-order valence-electron chi connectivity index (χ2n) is 3.40. The molecule has 1 saturated carbocycles. The highest BCUT2D eigenvalue weighted by atomic mass is 32.2. The quantitative estimate of drug-likeness (QED) is 0.645. The van der Waals surface area contributed by atoms with E-state index in [9.17, 15) is 9.59 Å². The minimum atomic E-state index is -0.267. The Kier molecular flexibility index (Phi) is 4.94. The highest BCUT2D eigenvalue weighted by Crippen LogP contribution is 2.39. The van der Waals surface area contributed by atoms with Gasteiger partial charge in [0, 0.05) is 0 Å². The van der Waals surface area contributed by atoms with Gasteiger partial charge in [-0.1, -0.05) is 0 Å². The van der Waals surface area contributed by atoms with Crippen LogP contribution in [0.5, 0.6) is 0 Å². The Bertz CT molecular complexity index is 238. The summed E-state index contributed by atoms with van der Waals surface area (Å²) in [6, 6.07) is 0. The van der Waals surface area contributed by atoms with Crippen LogP contribution in [-0.4, -0.2) is 36.7 Å².